The Balaban J connectivity index is 4.24. The third-order valence-corrected chi connectivity index (χ3v) is 12.0. The number of carboxylic acid groups (broad SMARTS) is 1. The second kappa shape index (κ2) is 43.9. The van der Waals surface area contributed by atoms with E-state index < -0.39 is 51.1 Å². The van der Waals surface area contributed by atoms with Crippen LogP contribution in [0.25, 0.3) is 0 Å². The molecule has 0 spiro atoms. The van der Waals surface area contributed by atoms with Gasteiger partial charge in [0.05, 0.1) is 13.2 Å². The molecule has 1 unspecified atom stereocenters. The van der Waals surface area contributed by atoms with Gasteiger partial charge in [-0.2, -0.15) is 0 Å². The van der Waals surface area contributed by atoms with Crippen molar-refractivity contribution >= 4 is 25.7 Å². The minimum atomic E-state index is -4.71. The second-order valence-corrected chi connectivity index (χ2v) is 18.4. The number of hydrogen-bond donors (Lipinski definition) is 3. The van der Waals surface area contributed by atoms with Gasteiger partial charge >= 0.3 is 25.7 Å². The predicted molar refractivity (Wildman–Crippen MR) is 245 cm³/mol. The first-order valence-corrected chi connectivity index (χ1v) is 26.2. The summed E-state index contributed by atoms with van der Waals surface area (Å²) in [5.74, 6) is -2.36. The number of nitrogens with two attached hydrogens (primary N) is 1. The molecular weight excluding hydrogens is 781 g/mol. The molecule has 11 nitrogen and oxygen atoms in total. The van der Waals surface area contributed by atoms with Gasteiger partial charge in [-0.3, -0.25) is 23.4 Å². The number of phosphoric ester groups is 1. The van der Waals surface area contributed by atoms with E-state index in [4.69, 9.17) is 24.8 Å². The summed E-state index contributed by atoms with van der Waals surface area (Å²) in [6.07, 6.45) is 45.5. The third-order valence-electron chi connectivity index (χ3n) is 11.0. The molecule has 0 radical (unpaired) electrons. The largest absolute Gasteiger partial charge is 0.480 e. The Hall–Kier alpha value is -1.78. The van der Waals surface area contributed by atoms with E-state index in [-0.39, 0.29) is 19.4 Å². The number of ether oxygens (including phenoxy) is 2. The minimum Gasteiger partial charge on any atom is -0.480 e. The van der Waals surface area contributed by atoms with Crippen molar-refractivity contribution < 1.29 is 47.5 Å². The van der Waals surface area contributed by atoms with E-state index in [2.05, 4.69) is 30.5 Å². The van der Waals surface area contributed by atoms with Crippen molar-refractivity contribution in [2.24, 2.45) is 5.73 Å². The van der Waals surface area contributed by atoms with E-state index in [1.807, 2.05) is 0 Å². The lowest BCUT2D eigenvalue weighted by Crippen LogP contribution is -2.34. The number of hydrogen-bond acceptors (Lipinski definition) is 9. The number of phosphoric acid groups is 1. The van der Waals surface area contributed by atoms with Gasteiger partial charge < -0.3 is 25.2 Å². The van der Waals surface area contributed by atoms with Crippen molar-refractivity contribution in [3.8, 4) is 0 Å². The van der Waals surface area contributed by atoms with Gasteiger partial charge in [-0.25, -0.2) is 4.57 Å². The Morgan fingerprint density at radius 1 is 0.500 bits per heavy atom. The first-order chi connectivity index (χ1) is 29.1. The molecule has 12 heteroatoms. The fraction of sp³-hybridized carbons (Fsp3) is 0.896. The van der Waals surface area contributed by atoms with Crippen LogP contribution in [0, 0.1) is 0 Å². The van der Waals surface area contributed by atoms with Crippen molar-refractivity contribution in [1.29, 1.82) is 0 Å². The van der Waals surface area contributed by atoms with Crippen LogP contribution >= 0.6 is 7.82 Å². The van der Waals surface area contributed by atoms with Gasteiger partial charge in [-0.15, -0.1) is 0 Å². The van der Waals surface area contributed by atoms with Crippen molar-refractivity contribution in [2.75, 3.05) is 19.8 Å². The van der Waals surface area contributed by atoms with E-state index in [1.54, 1.807) is 0 Å². The van der Waals surface area contributed by atoms with Crippen LogP contribution in [0.1, 0.15) is 245 Å². The molecule has 4 N–H and O–H groups in total. The molecular formula is C48H92NO10P. The van der Waals surface area contributed by atoms with Crippen LogP contribution in [0.15, 0.2) is 12.2 Å². The first kappa shape index (κ1) is 58.2. The van der Waals surface area contributed by atoms with Crippen LogP contribution in [0.2, 0.25) is 0 Å². The zero-order chi connectivity index (χ0) is 44.2. The Bertz CT molecular complexity index is 1070. The zero-order valence-corrected chi connectivity index (χ0v) is 39.5. The lowest BCUT2D eigenvalue weighted by Gasteiger charge is -2.20. The van der Waals surface area contributed by atoms with E-state index >= 15 is 0 Å². The standard InChI is InChI=1S/C48H92NO10P/c1-3-5-7-9-11-13-15-17-19-21-22-24-26-28-30-32-34-36-38-40-47(51)59-44(42-57-60(54,55)58-43-45(49)48(52)53)41-56-46(50)39-37-35-33-31-29-27-25-23-20-18-16-14-12-10-8-6-4-2/h14,16,44-45H,3-13,15,17-43,49H2,1-2H3,(H,52,53)(H,54,55)/b16-14+/t44-,45+/m1/s1. The van der Waals surface area contributed by atoms with Gasteiger partial charge in [-0.05, 0) is 38.5 Å². The van der Waals surface area contributed by atoms with Gasteiger partial charge in [0.2, 0.25) is 0 Å². The summed E-state index contributed by atoms with van der Waals surface area (Å²) in [6.45, 7) is 2.84. The highest BCUT2D eigenvalue weighted by atomic mass is 31.2. The molecule has 0 aliphatic rings. The third kappa shape index (κ3) is 42.9. The summed E-state index contributed by atoms with van der Waals surface area (Å²) in [7, 11) is -4.71. The molecule has 0 aromatic carbocycles. The van der Waals surface area contributed by atoms with Gasteiger partial charge in [-0.1, -0.05) is 206 Å². The van der Waals surface area contributed by atoms with Crippen molar-refractivity contribution in [3.63, 3.8) is 0 Å². The molecule has 0 aromatic heterocycles. The summed E-state index contributed by atoms with van der Waals surface area (Å²) in [4.78, 5) is 46.1. The summed E-state index contributed by atoms with van der Waals surface area (Å²) in [6, 6.07) is -1.52. The second-order valence-electron chi connectivity index (χ2n) is 17.0. The minimum absolute atomic E-state index is 0.167. The summed E-state index contributed by atoms with van der Waals surface area (Å²) < 4.78 is 32.8. The lowest BCUT2D eigenvalue weighted by atomic mass is 10.0. The van der Waals surface area contributed by atoms with Crippen molar-refractivity contribution in [2.45, 2.75) is 257 Å². The van der Waals surface area contributed by atoms with Crippen LogP contribution in [0.4, 0.5) is 0 Å². The topological polar surface area (TPSA) is 172 Å². The maximum absolute atomic E-state index is 12.7. The molecule has 0 heterocycles. The molecule has 354 valence electrons. The smallest absolute Gasteiger partial charge is 0.472 e. The fourth-order valence-corrected chi connectivity index (χ4v) is 7.90. The maximum atomic E-state index is 12.7. The molecule has 0 saturated carbocycles. The van der Waals surface area contributed by atoms with Crippen LogP contribution in [0.5, 0.6) is 0 Å². The number of rotatable bonds is 47. The zero-order valence-electron chi connectivity index (χ0n) is 38.6. The maximum Gasteiger partial charge on any atom is 0.472 e. The summed E-state index contributed by atoms with van der Waals surface area (Å²) in [5.41, 5.74) is 5.35. The molecule has 60 heavy (non-hydrogen) atoms. The SMILES string of the molecule is CCCCCC/C=C/CCCCCCCCCCCC(=O)OC[C@H](COP(=O)(O)OC[C@H](N)C(=O)O)OC(=O)CCCCCCCCCCCCCCCCCCCCC. The normalized spacial score (nSPS) is 13.7. The molecule has 3 atom stereocenters. The number of esters is 2. The number of carboxylic acids is 1. The van der Waals surface area contributed by atoms with Gasteiger partial charge in [0, 0.05) is 12.8 Å². The van der Waals surface area contributed by atoms with E-state index in [0.29, 0.717) is 12.8 Å². The fourth-order valence-electron chi connectivity index (χ4n) is 7.12. The van der Waals surface area contributed by atoms with Crippen LogP contribution in [0.3, 0.4) is 0 Å². The molecule has 0 bridgehead atoms. The van der Waals surface area contributed by atoms with Gasteiger partial charge in [0.25, 0.3) is 0 Å². The highest BCUT2D eigenvalue weighted by Crippen LogP contribution is 2.43. The number of allylic oxidation sites excluding steroid dienone is 2. The Morgan fingerprint density at radius 2 is 0.833 bits per heavy atom. The monoisotopic (exact) mass is 874 g/mol. The van der Waals surface area contributed by atoms with Gasteiger partial charge in [0.1, 0.15) is 12.6 Å². The van der Waals surface area contributed by atoms with E-state index in [1.165, 1.54) is 167 Å². The molecule has 0 aliphatic heterocycles. The number of carbonyl (C=O) groups is 3. The molecule has 0 amide bonds. The number of unbranched alkanes of at least 4 members (excludes halogenated alkanes) is 31. The first-order valence-electron chi connectivity index (χ1n) is 24.7. The summed E-state index contributed by atoms with van der Waals surface area (Å²) in [5, 5.41) is 8.91. The van der Waals surface area contributed by atoms with Gasteiger partial charge in [0.15, 0.2) is 6.10 Å². The Morgan fingerprint density at radius 3 is 1.23 bits per heavy atom. The van der Waals surface area contributed by atoms with Crippen LogP contribution in [-0.2, 0) is 37.5 Å². The predicted octanol–water partition coefficient (Wildman–Crippen LogP) is 13.6. The highest BCUT2D eigenvalue weighted by Gasteiger charge is 2.28. The number of aliphatic carboxylic acids is 1. The highest BCUT2D eigenvalue weighted by molar-refractivity contribution is 7.47. The van der Waals surface area contributed by atoms with Crippen molar-refractivity contribution in [1.82, 2.24) is 0 Å². The number of carbonyl (C=O) groups excluding carboxylic acids is 2. The molecule has 0 rings (SSSR count). The average molecular weight is 874 g/mol. The molecule has 0 aliphatic carbocycles. The van der Waals surface area contributed by atoms with Crippen molar-refractivity contribution in [3.05, 3.63) is 12.2 Å². The quantitative estimate of drug-likeness (QED) is 0.0230. The van der Waals surface area contributed by atoms with E-state index in [9.17, 15) is 23.8 Å². The Kier molecular flexibility index (Phi) is 42.6. The van der Waals surface area contributed by atoms with E-state index in [0.717, 1.165) is 38.5 Å². The Labute approximate surface area is 367 Å². The molecule has 0 fully saturated rings. The average Bonchev–Trinajstić information content (AvgIpc) is 3.22. The van der Waals surface area contributed by atoms with Crippen LogP contribution < -0.4 is 5.73 Å². The van der Waals surface area contributed by atoms with Crippen LogP contribution in [-0.4, -0.2) is 59.9 Å². The lowest BCUT2D eigenvalue weighted by molar-refractivity contribution is -0.161. The molecule has 0 saturated heterocycles. The molecule has 0 aromatic rings. The summed E-state index contributed by atoms with van der Waals surface area (Å²) >= 11 is 0.